The summed E-state index contributed by atoms with van der Waals surface area (Å²) in [6.07, 6.45) is 3.43. The second-order valence-corrected chi connectivity index (χ2v) is 3.23. The fourth-order valence-corrected chi connectivity index (χ4v) is 1.26. The molecule has 5 nitrogen and oxygen atoms in total. The minimum Gasteiger partial charge on any atom is -0.459 e. The third-order valence-corrected chi connectivity index (χ3v) is 2.06. The van der Waals surface area contributed by atoms with Gasteiger partial charge in [-0.05, 0) is 18.6 Å². The molecule has 2 rings (SSSR count). The monoisotopic (exact) mass is 208 g/mol. The first kappa shape index (κ1) is 9.76. The Bertz CT molecular complexity index is 467. The topological polar surface area (TPSA) is 61.2 Å². The van der Waals surface area contributed by atoms with Crippen LogP contribution in [0.3, 0.4) is 0 Å². The number of unbranched alkanes of at least 4 members (excludes halogenated alkanes) is 1. The SMILES string of the molecule is CCCCn1nc(-c2ccco2)oc1=O. The first-order valence-corrected chi connectivity index (χ1v) is 4.93. The highest BCUT2D eigenvalue weighted by Crippen LogP contribution is 2.14. The molecule has 0 unspecified atom stereocenters. The van der Waals surface area contributed by atoms with E-state index in [1.807, 2.05) is 0 Å². The van der Waals surface area contributed by atoms with Crippen molar-refractivity contribution in [2.45, 2.75) is 26.3 Å². The molecule has 80 valence electrons. The molecule has 0 bridgehead atoms. The standard InChI is InChI=1S/C10H12N2O3/c1-2-3-6-12-10(13)15-9(11-12)8-5-4-7-14-8/h4-5,7H,2-3,6H2,1H3. The van der Waals surface area contributed by atoms with Crippen molar-refractivity contribution in [2.24, 2.45) is 0 Å². The summed E-state index contributed by atoms with van der Waals surface area (Å²) < 4.78 is 11.4. The Labute approximate surface area is 86.3 Å². The molecule has 0 aliphatic heterocycles. The van der Waals surface area contributed by atoms with Crippen molar-refractivity contribution in [3.8, 4) is 11.7 Å². The van der Waals surface area contributed by atoms with E-state index in [0.29, 0.717) is 12.3 Å². The number of rotatable bonds is 4. The largest absolute Gasteiger partial charge is 0.459 e. The third-order valence-electron chi connectivity index (χ3n) is 2.06. The van der Waals surface area contributed by atoms with Crippen molar-refractivity contribution in [3.63, 3.8) is 0 Å². The van der Waals surface area contributed by atoms with Crippen molar-refractivity contribution >= 4 is 0 Å². The molecule has 0 aromatic carbocycles. The van der Waals surface area contributed by atoms with Gasteiger partial charge in [0.25, 0.3) is 5.89 Å². The molecule has 0 spiro atoms. The highest BCUT2D eigenvalue weighted by molar-refractivity contribution is 5.42. The smallest absolute Gasteiger partial charge is 0.437 e. The molecule has 15 heavy (non-hydrogen) atoms. The van der Waals surface area contributed by atoms with Crippen molar-refractivity contribution < 1.29 is 8.83 Å². The second-order valence-electron chi connectivity index (χ2n) is 3.23. The van der Waals surface area contributed by atoms with Crippen LogP contribution in [-0.2, 0) is 6.54 Å². The minimum absolute atomic E-state index is 0.237. The van der Waals surface area contributed by atoms with Crippen LogP contribution >= 0.6 is 0 Å². The number of aryl methyl sites for hydroxylation is 1. The minimum atomic E-state index is -0.435. The average Bonchev–Trinajstić information content (AvgIpc) is 2.83. The highest BCUT2D eigenvalue weighted by atomic mass is 16.4. The lowest BCUT2D eigenvalue weighted by Gasteiger charge is -1.93. The van der Waals surface area contributed by atoms with Gasteiger partial charge in [-0.3, -0.25) is 0 Å². The van der Waals surface area contributed by atoms with E-state index in [9.17, 15) is 4.79 Å². The molecule has 0 saturated heterocycles. The van der Waals surface area contributed by atoms with Crippen LogP contribution in [0.1, 0.15) is 19.8 Å². The number of furan rings is 1. The Balaban J connectivity index is 2.25. The van der Waals surface area contributed by atoms with E-state index >= 15 is 0 Å². The first-order valence-electron chi connectivity index (χ1n) is 4.93. The molecule has 0 amide bonds. The molecule has 5 heteroatoms. The molecule has 0 radical (unpaired) electrons. The van der Waals surface area contributed by atoms with E-state index in [0.717, 1.165) is 12.8 Å². The van der Waals surface area contributed by atoms with Gasteiger partial charge in [-0.25, -0.2) is 4.79 Å². The molecule has 0 saturated carbocycles. The van der Waals surface area contributed by atoms with Crippen LogP contribution in [0.25, 0.3) is 11.7 Å². The van der Waals surface area contributed by atoms with Crippen LogP contribution in [0, 0.1) is 0 Å². The number of hydrogen-bond donors (Lipinski definition) is 0. The molecule has 2 heterocycles. The Morgan fingerprint density at radius 2 is 2.40 bits per heavy atom. The molecular formula is C10H12N2O3. The summed E-state index contributed by atoms with van der Waals surface area (Å²) in [7, 11) is 0. The molecule has 0 N–H and O–H groups in total. The molecule has 0 fully saturated rings. The summed E-state index contributed by atoms with van der Waals surface area (Å²) in [5.74, 6) is 0.276. The predicted molar refractivity (Wildman–Crippen MR) is 53.4 cm³/mol. The molecule has 2 aromatic heterocycles. The normalized spacial score (nSPS) is 10.7. The Hall–Kier alpha value is -1.78. The number of aromatic nitrogens is 2. The van der Waals surface area contributed by atoms with Crippen molar-refractivity contribution in [1.29, 1.82) is 0 Å². The van der Waals surface area contributed by atoms with Crippen molar-refractivity contribution in [3.05, 3.63) is 28.9 Å². The zero-order chi connectivity index (χ0) is 10.7. The summed E-state index contributed by atoms with van der Waals surface area (Å²) in [6, 6.07) is 3.43. The maximum atomic E-state index is 11.3. The molecule has 2 aromatic rings. The summed E-state index contributed by atoms with van der Waals surface area (Å²) in [5, 5.41) is 4.03. The van der Waals surface area contributed by atoms with E-state index < -0.39 is 5.76 Å². The van der Waals surface area contributed by atoms with Gasteiger partial charge in [0.1, 0.15) is 0 Å². The lowest BCUT2D eigenvalue weighted by molar-refractivity contribution is 0.462. The lowest BCUT2D eigenvalue weighted by atomic mass is 10.3. The fraction of sp³-hybridized carbons (Fsp3) is 0.400. The zero-order valence-electron chi connectivity index (χ0n) is 8.47. The molecule has 0 aliphatic carbocycles. The number of nitrogens with zero attached hydrogens (tertiary/aromatic N) is 2. The van der Waals surface area contributed by atoms with Gasteiger partial charge >= 0.3 is 5.76 Å². The van der Waals surface area contributed by atoms with Crippen LogP contribution in [0.15, 0.2) is 32.0 Å². The van der Waals surface area contributed by atoms with Gasteiger partial charge in [-0.2, -0.15) is 4.68 Å². The average molecular weight is 208 g/mol. The van der Waals surface area contributed by atoms with Gasteiger partial charge in [-0.1, -0.05) is 13.3 Å². The Kier molecular flexibility index (Phi) is 2.71. The van der Waals surface area contributed by atoms with Crippen LogP contribution in [0.2, 0.25) is 0 Å². The van der Waals surface area contributed by atoms with Gasteiger partial charge in [0.15, 0.2) is 5.76 Å². The van der Waals surface area contributed by atoms with Gasteiger partial charge in [0.05, 0.1) is 6.26 Å². The van der Waals surface area contributed by atoms with Crippen LogP contribution in [-0.4, -0.2) is 9.78 Å². The second kappa shape index (κ2) is 4.16. The van der Waals surface area contributed by atoms with Crippen LogP contribution in [0.5, 0.6) is 0 Å². The summed E-state index contributed by atoms with van der Waals surface area (Å²) in [6.45, 7) is 2.64. The summed E-state index contributed by atoms with van der Waals surface area (Å²) in [5.41, 5.74) is 0. The Morgan fingerprint density at radius 1 is 1.53 bits per heavy atom. The van der Waals surface area contributed by atoms with Gasteiger partial charge in [-0.15, -0.1) is 5.10 Å². The van der Waals surface area contributed by atoms with E-state index in [1.165, 1.54) is 10.9 Å². The highest BCUT2D eigenvalue weighted by Gasteiger charge is 2.11. The van der Waals surface area contributed by atoms with E-state index in [-0.39, 0.29) is 5.89 Å². The van der Waals surface area contributed by atoms with E-state index in [2.05, 4.69) is 12.0 Å². The maximum Gasteiger partial charge on any atom is 0.437 e. The van der Waals surface area contributed by atoms with Gasteiger partial charge in [0.2, 0.25) is 0 Å². The number of hydrogen-bond acceptors (Lipinski definition) is 4. The molecule has 0 atom stereocenters. The summed E-state index contributed by atoms with van der Waals surface area (Å²) >= 11 is 0. The van der Waals surface area contributed by atoms with E-state index in [4.69, 9.17) is 8.83 Å². The predicted octanol–water partition coefficient (Wildman–Crippen LogP) is 1.90. The zero-order valence-corrected chi connectivity index (χ0v) is 8.47. The van der Waals surface area contributed by atoms with Crippen LogP contribution < -0.4 is 5.76 Å². The van der Waals surface area contributed by atoms with Crippen LogP contribution in [0.4, 0.5) is 0 Å². The van der Waals surface area contributed by atoms with E-state index in [1.54, 1.807) is 12.1 Å². The van der Waals surface area contributed by atoms with Crippen molar-refractivity contribution in [1.82, 2.24) is 9.78 Å². The lowest BCUT2D eigenvalue weighted by Crippen LogP contribution is -2.15. The fourth-order valence-electron chi connectivity index (χ4n) is 1.26. The van der Waals surface area contributed by atoms with Crippen molar-refractivity contribution in [2.75, 3.05) is 0 Å². The summed E-state index contributed by atoms with van der Waals surface area (Å²) in [4.78, 5) is 11.3. The van der Waals surface area contributed by atoms with Gasteiger partial charge < -0.3 is 8.83 Å². The molecule has 0 aliphatic rings. The third kappa shape index (κ3) is 2.01. The maximum absolute atomic E-state index is 11.3. The molecular weight excluding hydrogens is 196 g/mol. The quantitative estimate of drug-likeness (QED) is 0.769. The van der Waals surface area contributed by atoms with Gasteiger partial charge in [0, 0.05) is 6.54 Å². The first-order chi connectivity index (χ1) is 7.31. The Morgan fingerprint density at radius 3 is 3.07 bits per heavy atom.